The zero-order valence-electron chi connectivity index (χ0n) is 19.7. The summed E-state index contributed by atoms with van der Waals surface area (Å²) >= 11 is 5.87. The minimum absolute atomic E-state index is 1.06. The van der Waals surface area contributed by atoms with E-state index < -0.39 is 0 Å². The van der Waals surface area contributed by atoms with Crippen LogP contribution in [-0.4, -0.2) is 0 Å². The first-order valence-electron chi connectivity index (χ1n) is 12.7. The molecular weight excluding hydrogens is 433 g/mol. The highest BCUT2D eigenvalue weighted by Crippen LogP contribution is 2.45. The van der Waals surface area contributed by atoms with Crippen LogP contribution in [0.4, 0.5) is 0 Å². The summed E-state index contributed by atoms with van der Waals surface area (Å²) in [5, 5.41) is 2.24. The third-order valence-electron chi connectivity index (χ3n) is 6.14. The van der Waals surface area contributed by atoms with E-state index in [1.54, 1.807) is 10.3 Å². The highest BCUT2D eigenvalue weighted by atomic mass is 32.1. The van der Waals surface area contributed by atoms with Crippen LogP contribution < -0.4 is 0 Å². The Labute approximate surface area is 202 Å². The summed E-state index contributed by atoms with van der Waals surface area (Å²) in [7, 11) is 0. The first kappa shape index (κ1) is 24.8. The quantitative estimate of drug-likeness (QED) is 0.152. The third kappa shape index (κ3) is 7.62. The maximum absolute atomic E-state index is 3.60. The van der Waals surface area contributed by atoms with E-state index in [1.807, 2.05) is 34.0 Å². The number of rotatable bonds is 15. The molecular formula is C28H40S3. The maximum atomic E-state index is 3.60. The summed E-state index contributed by atoms with van der Waals surface area (Å²) in [6.45, 7) is 4.58. The molecule has 0 unspecified atom stereocenters. The Hall–Kier alpha value is -0.820. The van der Waals surface area contributed by atoms with Crippen molar-refractivity contribution in [1.29, 1.82) is 0 Å². The fourth-order valence-corrected chi connectivity index (χ4v) is 8.21. The summed E-state index contributed by atoms with van der Waals surface area (Å²) in [4.78, 5) is 1.37. The van der Waals surface area contributed by atoms with Crippen LogP contribution in [0.2, 0.25) is 0 Å². The van der Waals surface area contributed by atoms with Gasteiger partial charge in [-0.1, -0.05) is 103 Å². The normalized spacial score (nSPS) is 11.4. The van der Waals surface area contributed by atoms with E-state index in [9.17, 15) is 0 Å². The number of fused-ring (bicyclic) bond motifs is 3. The Morgan fingerprint density at radius 2 is 1.32 bits per heavy atom. The molecule has 0 amide bonds. The van der Waals surface area contributed by atoms with Crippen LogP contribution in [0.25, 0.3) is 18.8 Å². The van der Waals surface area contributed by atoms with Crippen molar-refractivity contribution in [3.05, 3.63) is 21.9 Å². The van der Waals surface area contributed by atoms with Crippen LogP contribution in [0.3, 0.4) is 0 Å². The van der Waals surface area contributed by atoms with E-state index in [4.69, 9.17) is 0 Å². The Morgan fingerprint density at radius 1 is 0.677 bits per heavy atom. The number of thiophene rings is 3. The predicted octanol–water partition coefficient (Wildman–Crippen LogP) is 11.0. The molecule has 0 fully saturated rings. The molecule has 0 aliphatic rings. The van der Waals surface area contributed by atoms with Crippen LogP contribution in [0.5, 0.6) is 0 Å². The average molecular weight is 473 g/mol. The van der Waals surface area contributed by atoms with Gasteiger partial charge in [0.15, 0.2) is 0 Å². The summed E-state index contributed by atoms with van der Waals surface area (Å²) in [5.41, 5.74) is 1.56. The van der Waals surface area contributed by atoms with Gasteiger partial charge < -0.3 is 0 Å². The monoisotopic (exact) mass is 472 g/mol. The molecule has 0 spiro atoms. The highest BCUT2D eigenvalue weighted by molar-refractivity contribution is 7.38. The third-order valence-corrected chi connectivity index (χ3v) is 9.84. The molecule has 0 aliphatic carbocycles. The summed E-state index contributed by atoms with van der Waals surface area (Å²) < 4.78 is 6.01. The second kappa shape index (κ2) is 14.4. The Morgan fingerprint density at radius 3 is 2.03 bits per heavy atom. The van der Waals surface area contributed by atoms with E-state index in [0.29, 0.717) is 0 Å². The molecule has 0 atom stereocenters. The molecule has 0 nitrogen and oxygen atoms in total. The van der Waals surface area contributed by atoms with Gasteiger partial charge in [-0.2, -0.15) is 0 Å². The number of hydrogen-bond donors (Lipinski definition) is 0. The van der Waals surface area contributed by atoms with Crippen LogP contribution in [-0.2, 0) is 6.42 Å². The fraction of sp³-hybridized carbons (Fsp3) is 0.643. The van der Waals surface area contributed by atoms with Crippen LogP contribution in [0.15, 0.2) is 11.4 Å². The Balaban J connectivity index is 1.55. The van der Waals surface area contributed by atoms with Crippen molar-refractivity contribution >= 4 is 52.8 Å². The number of aryl methyl sites for hydroxylation is 1. The van der Waals surface area contributed by atoms with E-state index in [1.165, 1.54) is 115 Å². The van der Waals surface area contributed by atoms with Gasteiger partial charge in [-0.3, -0.25) is 0 Å². The number of hydrogen-bond acceptors (Lipinski definition) is 3. The van der Waals surface area contributed by atoms with Gasteiger partial charge in [0, 0.05) is 11.1 Å². The van der Waals surface area contributed by atoms with Gasteiger partial charge in [0.05, 0.1) is 19.0 Å². The molecule has 0 saturated heterocycles. The summed E-state index contributed by atoms with van der Waals surface area (Å²) in [6.07, 6.45) is 21.5. The zero-order chi connectivity index (χ0) is 21.7. The lowest BCUT2D eigenvalue weighted by molar-refractivity contribution is 0.576. The van der Waals surface area contributed by atoms with Crippen LogP contribution >= 0.6 is 34.0 Å². The van der Waals surface area contributed by atoms with Crippen LogP contribution in [0, 0.1) is 11.8 Å². The van der Waals surface area contributed by atoms with Gasteiger partial charge in [0.2, 0.25) is 0 Å². The fourth-order valence-electron chi connectivity index (χ4n) is 4.26. The first-order valence-corrected chi connectivity index (χ1v) is 15.3. The topological polar surface area (TPSA) is 0 Å². The minimum Gasteiger partial charge on any atom is -0.141 e. The first-order chi connectivity index (χ1) is 15.3. The predicted molar refractivity (Wildman–Crippen MR) is 146 cm³/mol. The lowest BCUT2D eigenvalue weighted by Gasteiger charge is -2.02. The largest absolute Gasteiger partial charge is 0.141 e. The lowest BCUT2D eigenvalue weighted by Crippen LogP contribution is -1.87. The van der Waals surface area contributed by atoms with Gasteiger partial charge in [0.1, 0.15) is 0 Å². The van der Waals surface area contributed by atoms with Crippen molar-refractivity contribution in [2.24, 2.45) is 0 Å². The van der Waals surface area contributed by atoms with Gasteiger partial charge in [-0.05, 0) is 36.3 Å². The van der Waals surface area contributed by atoms with E-state index in [2.05, 4.69) is 37.1 Å². The van der Waals surface area contributed by atoms with Gasteiger partial charge in [0.25, 0.3) is 0 Å². The zero-order valence-corrected chi connectivity index (χ0v) is 22.1. The highest BCUT2D eigenvalue weighted by Gasteiger charge is 2.16. The number of unbranched alkanes of at least 4 members (excludes halogenated alkanes) is 13. The second-order valence-electron chi connectivity index (χ2n) is 8.83. The average Bonchev–Trinajstić information content (AvgIpc) is 3.44. The van der Waals surface area contributed by atoms with Crippen molar-refractivity contribution in [1.82, 2.24) is 0 Å². The molecule has 3 heterocycles. The van der Waals surface area contributed by atoms with E-state index in [-0.39, 0.29) is 0 Å². The van der Waals surface area contributed by atoms with Gasteiger partial charge in [-0.25, -0.2) is 0 Å². The van der Waals surface area contributed by atoms with Crippen molar-refractivity contribution in [2.45, 2.75) is 117 Å². The van der Waals surface area contributed by atoms with E-state index >= 15 is 0 Å². The lowest BCUT2D eigenvalue weighted by atomic mass is 10.0. The minimum atomic E-state index is 1.06. The van der Waals surface area contributed by atoms with Crippen LogP contribution in [0.1, 0.15) is 121 Å². The molecule has 170 valence electrons. The second-order valence-corrected chi connectivity index (χ2v) is 11.8. The van der Waals surface area contributed by atoms with Crippen molar-refractivity contribution in [3.8, 4) is 11.8 Å². The Bertz CT molecular complexity index is 944. The SMILES string of the molecule is CCCCCCCCC#Cc1sc2c(sc3ccsc32)c1CCCCCCCCCC. The molecule has 0 aliphatic heterocycles. The van der Waals surface area contributed by atoms with E-state index in [0.717, 1.165) is 6.42 Å². The van der Waals surface area contributed by atoms with Gasteiger partial charge >= 0.3 is 0 Å². The molecule has 3 heteroatoms. The smallest absolute Gasteiger partial charge is 0.0821 e. The van der Waals surface area contributed by atoms with Crippen molar-refractivity contribution in [2.75, 3.05) is 0 Å². The maximum Gasteiger partial charge on any atom is 0.0821 e. The Kier molecular flexibility index (Phi) is 11.5. The summed E-state index contributed by atoms with van der Waals surface area (Å²) in [5.74, 6) is 7.13. The standard InChI is InChI=1S/C28H40S3/c1-3-5-7-9-11-13-15-17-19-23-24(20-18-16-14-12-10-8-6-4-2)30-28-26(23)31-25-21-22-29-27(25)28/h21-22H,3-17,19H2,1-2H3. The van der Waals surface area contributed by atoms with Crippen molar-refractivity contribution in [3.63, 3.8) is 0 Å². The molecule has 3 rings (SSSR count). The molecule has 0 bridgehead atoms. The molecule has 0 radical (unpaired) electrons. The molecule has 0 saturated carbocycles. The van der Waals surface area contributed by atoms with Gasteiger partial charge in [-0.15, -0.1) is 34.0 Å². The van der Waals surface area contributed by atoms with Crippen molar-refractivity contribution < 1.29 is 0 Å². The molecule has 0 N–H and O–H groups in total. The molecule has 0 aromatic carbocycles. The summed E-state index contributed by atoms with van der Waals surface area (Å²) in [6, 6.07) is 2.29. The molecule has 31 heavy (non-hydrogen) atoms. The molecule has 3 aromatic heterocycles. The molecule has 3 aromatic rings.